The van der Waals surface area contributed by atoms with Crippen molar-refractivity contribution >= 4 is 5.69 Å². The monoisotopic (exact) mass is 250 g/mol. The van der Waals surface area contributed by atoms with Crippen molar-refractivity contribution in [2.75, 3.05) is 11.4 Å². The Morgan fingerprint density at radius 2 is 1.74 bits per heavy atom. The van der Waals surface area contributed by atoms with Gasteiger partial charge in [0.1, 0.15) is 0 Å². The van der Waals surface area contributed by atoms with Gasteiger partial charge >= 0.3 is 0 Å². The molecular formula is C17H18N2. The fourth-order valence-corrected chi connectivity index (χ4v) is 3.45. The van der Waals surface area contributed by atoms with E-state index >= 15 is 0 Å². The van der Waals surface area contributed by atoms with E-state index in [0.717, 1.165) is 19.5 Å². The molecule has 0 radical (unpaired) electrons. The van der Waals surface area contributed by atoms with Crippen molar-refractivity contribution in [2.45, 2.75) is 24.4 Å². The van der Waals surface area contributed by atoms with Crippen LogP contribution in [-0.2, 0) is 12.0 Å². The van der Waals surface area contributed by atoms with Crippen molar-refractivity contribution in [3.8, 4) is 0 Å². The van der Waals surface area contributed by atoms with E-state index in [2.05, 4.69) is 59.5 Å². The number of rotatable bonds is 2. The van der Waals surface area contributed by atoms with Gasteiger partial charge in [-0.1, -0.05) is 48.5 Å². The van der Waals surface area contributed by atoms with Crippen LogP contribution in [0.15, 0.2) is 54.6 Å². The standard InChI is InChI=1S/C17H18N2/c18-16-10-17(16)12-19(11-13-6-2-1-3-7-13)15-9-5-4-8-14(15)17/h1-9,16H,10-12,18H2. The van der Waals surface area contributed by atoms with E-state index in [1.165, 1.54) is 16.8 Å². The molecule has 2 aliphatic rings. The zero-order chi connectivity index (χ0) is 12.9. The maximum absolute atomic E-state index is 6.21. The van der Waals surface area contributed by atoms with Crippen LogP contribution in [0.4, 0.5) is 5.69 Å². The Morgan fingerprint density at radius 1 is 1.05 bits per heavy atom. The fourth-order valence-electron chi connectivity index (χ4n) is 3.45. The number of anilines is 1. The highest BCUT2D eigenvalue weighted by molar-refractivity contribution is 5.66. The van der Waals surface area contributed by atoms with Crippen molar-refractivity contribution < 1.29 is 0 Å². The molecule has 2 atom stereocenters. The summed E-state index contributed by atoms with van der Waals surface area (Å²) in [6.07, 6.45) is 1.13. The van der Waals surface area contributed by atoms with Crippen LogP contribution in [0.3, 0.4) is 0 Å². The summed E-state index contributed by atoms with van der Waals surface area (Å²) in [4.78, 5) is 2.48. The van der Waals surface area contributed by atoms with Gasteiger partial charge in [-0.05, 0) is 23.6 Å². The Kier molecular flexibility index (Phi) is 2.24. The van der Waals surface area contributed by atoms with Crippen LogP contribution in [0.25, 0.3) is 0 Å². The van der Waals surface area contributed by atoms with Crippen molar-refractivity contribution in [1.82, 2.24) is 0 Å². The SMILES string of the molecule is NC1CC12CN(Cc1ccccc1)c1ccccc12. The molecule has 2 aromatic rings. The third kappa shape index (κ3) is 1.60. The number of para-hydroxylation sites is 1. The molecule has 2 heteroatoms. The first kappa shape index (κ1) is 11.1. The summed E-state index contributed by atoms with van der Waals surface area (Å²) in [7, 11) is 0. The summed E-state index contributed by atoms with van der Waals surface area (Å²) in [5, 5.41) is 0. The molecule has 0 aromatic heterocycles. The average molecular weight is 250 g/mol. The van der Waals surface area contributed by atoms with Crippen LogP contribution in [0.2, 0.25) is 0 Å². The molecule has 1 heterocycles. The van der Waals surface area contributed by atoms with E-state index in [4.69, 9.17) is 5.73 Å². The quantitative estimate of drug-likeness (QED) is 0.888. The molecule has 1 saturated carbocycles. The minimum Gasteiger partial charge on any atom is -0.366 e. The van der Waals surface area contributed by atoms with Gasteiger partial charge < -0.3 is 10.6 Å². The van der Waals surface area contributed by atoms with Gasteiger partial charge in [-0.25, -0.2) is 0 Å². The predicted molar refractivity (Wildman–Crippen MR) is 78.2 cm³/mol. The smallest absolute Gasteiger partial charge is 0.0429 e. The Hall–Kier alpha value is -1.80. The number of benzene rings is 2. The van der Waals surface area contributed by atoms with Crippen LogP contribution in [0, 0.1) is 0 Å². The molecule has 1 fully saturated rings. The zero-order valence-corrected chi connectivity index (χ0v) is 10.9. The Labute approximate surface area is 113 Å². The number of hydrogen-bond donors (Lipinski definition) is 1. The van der Waals surface area contributed by atoms with Crippen LogP contribution < -0.4 is 10.6 Å². The Morgan fingerprint density at radius 3 is 2.47 bits per heavy atom. The van der Waals surface area contributed by atoms with Gasteiger partial charge in [0.25, 0.3) is 0 Å². The Balaban J connectivity index is 1.69. The van der Waals surface area contributed by atoms with E-state index in [0.29, 0.717) is 6.04 Å². The van der Waals surface area contributed by atoms with E-state index in [1.807, 2.05) is 0 Å². The molecule has 1 aliphatic carbocycles. The average Bonchev–Trinajstić information content (AvgIpc) is 2.99. The van der Waals surface area contributed by atoms with Crippen LogP contribution >= 0.6 is 0 Å². The van der Waals surface area contributed by atoms with Gasteiger partial charge in [0.05, 0.1) is 0 Å². The van der Waals surface area contributed by atoms with Gasteiger partial charge in [0, 0.05) is 30.2 Å². The van der Waals surface area contributed by atoms with Gasteiger partial charge in [-0.2, -0.15) is 0 Å². The molecule has 2 N–H and O–H groups in total. The highest BCUT2D eigenvalue weighted by Gasteiger charge is 2.58. The van der Waals surface area contributed by atoms with Crippen molar-refractivity contribution in [2.24, 2.45) is 5.73 Å². The first-order valence-electron chi connectivity index (χ1n) is 6.94. The highest BCUT2D eigenvalue weighted by atomic mass is 15.2. The van der Waals surface area contributed by atoms with Gasteiger partial charge in [-0.15, -0.1) is 0 Å². The van der Waals surface area contributed by atoms with Crippen LogP contribution in [0.1, 0.15) is 17.5 Å². The highest BCUT2D eigenvalue weighted by Crippen LogP contribution is 2.55. The molecular weight excluding hydrogens is 232 g/mol. The van der Waals surface area contributed by atoms with Crippen LogP contribution in [-0.4, -0.2) is 12.6 Å². The fraction of sp³-hybridized carbons (Fsp3) is 0.294. The zero-order valence-electron chi connectivity index (χ0n) is 10.9. The lowest BCUT2D eigenvalue weighted by Crippen LogP contribution is -2.27. The third-order valence-corrected chi connectivity index (χ3v) is 4.60. The summed E-state index contributed by atoms with van der Waals surface area (Å²) in [6, 6.07) is 19.8. The van der Waals surface area contributed by atoms with E-state index in [1.54, 1.807) is 0 Å². The lowest BCUT2D eigenvalue weighted by Gasteiger charge is -2.20. The normalized spacial score (nSPS) is 27.6. The molecule has 4 rings (SSSR count). The molecule has 0 bridgehead atoms. The number of hydrogen-bond acceptors (Lipinski definition) is 2. The summed E-state index contributed by atoms with van der Waals surface area (Å²) < 4.78 is 0. The van der Waals surface area contributed by atoms with Gasteiger partial charge in [0.15, 0.2) is 0 Å². The molecule has 1 aliphatic heterocycles. The molecule has 2 nitrogen and oxygen atoms in total. The Bertz CT molecular complexity index is 608. The lowest BCUT2D eigenvalue weighted by atomic mass is 9.98. The first-order valence-corrected chi connectivity index (χ1v) is 6.94. The predicted octanol–water partition coefficient (Wildman–Crippen LogP) is 2.68. The van der Waals surface area contributed by atoms with Crippen LogP contribution in [0.5, 0.6) is 0 Å². The van der Waals surface area contributed by atoms with Gasteiger partial charge in [-0.3, -0.25) is 0 Å². The topological polar surface area (TPSA) is 29.3 Å². The molecule has 2 unspecified atom stereocenters. The summed E-state index contributed by atoms with van der Waals surface area (Å²) in [6.45, 7) is 2.05. The second-order valence-corrected chi connectivity index (χ2v) is 5.83. The number of nitrogens with zero attached hydrogens (tertiary/aromatic N) is 1. The number of fused-ring (bicyclic) bond motifs is 2. The van der Waals surface area contributed by atoms with Crippen molar-refractivity contribution in [1.29, 1.82) is 0 Å². The maximum Gasteiger partial charge on any atom is 0.0429 e. The summed E-state index contributed by atoms with van der Waals surface area (Å²) >= 11 is 0. The summed E-state index contributed by atoms with van der Waals surface area (Å²) in [5.41, 5.74) is 10.6. The molecule has 0 amide bonds. The second kappa shape index (κ2) is 3.84. The third-order valence-electron chi connectivity index (χ3n) is 4.60. The molecule has 1 spiro atoms. The first-order chi connectivity index (χ1) is 9.29. The summed E-state index contributed by atoms with van der Waals surface area (Å²) in [5.74, 6) is 0. The van der Waals surface area contributed by atoms with Crippen molar-refractivity contribution in [3.05, 3.63) is 65.7 Å². The van der Waals surface area contributed by atoms with Crippen molar-refractivity contribution in [3.63, 3.8) is 0 Å². The largest absolute Gasteiger partial charge is 0.366 e. The minimum absolute atomic E-state index is 0.241. The van der Waals surface area contributed by atoms with E-state index < -0.39 is 0 Å². The second-order valence-electron chi connectivity index (χ2n) is 5.83. The molecule has 96 valence electrons. The number of nitrogens with two attached hydrogens (primary N) is 1. The molecule has 2 aromatic carbocycles. The van der Waals surface area contributed by atoms with Gasteiger partial charge in [0.2, 0.25) is 0 Å². The lowest BCUT2D eigenvalue weighted by molar-refractivity contribution is 0.669. The molecule has 0 saturated heterocycles. The molecule has 19 heavy (non-hydrogen) atoms. The minimum atomic E-state index is 0.241. The van der Waals surface area contributed by atoms with E-state index in [9.17, 15) is 0 Å². The maximum atomic E-state index is 6.21. The van der Waals surface area contributed by atoms with E-state index in [-0.39, 0.29) is 5.41 Å².